The summed E-state index contributed by atoms with van der Waals surface area (Å²) >= 11 is 0. The number of ether oxygens (including phenoxy) is 1. The molecule has 124 valence electrons. The molecule has 5 atom stereocenters. The highest BCUT2D eigenvalue weighted by Crippen LogP contribution is 2.38. The summed E-state index contributed by atoms with van der Waals surface area (Å²) in [6.07, 6.45) is -4.44. The fraction of sp³-hybridized carbons (Fsp3) is 0.556. The van der Waals surface area contributed by atoms with Gasteiger partial charge in [0.15, 0.2) is 6.23 Å². The van der Waals surface area contributed by atoms with E-state index in [9.17, 15) is 19.6 Å². The predicted molar refractivity (Wildman–Crippen MR) is 67.8 cm³/mol. The fourth-order valence-corrected chi connectivity index (χ4v) is 2.31. The van der Waals surface area contributed by atoms with Crippen molar-refractivity contribution in [1.29, 1.82) is 1.43 Å². The Kier molecular flexibility index (Phi) is 4.40. The summed E-state index contributed by atoms with van der Waals surface area (Å²) in [6.45, 7) is -0.641. The third kappa shape index (κ3) is 3.81. The van der Waals surface area contributed by atoms with Gasteiger partial charge in [0.1, 0.15) is 24.1 Å². The zero-order valence-corrected chi connectivity index (χ0v) is 11.7. The van der Waals surface area contributed by atoms with Gasteiger partial charge >= 0.3 is 13.9 Å². The van der Waals surface area contributed by atoms with Crippen molar-refractivity contribution in [3.05, 3.63) is 12.5 Å². The van der Waals surface area contributed by atoms with Crippen molar-refractivity contribution < 1.29 is 43.7 Å². The number of aliphatic hydroxyl groups excluding tert-OH is 2. The first kappa shape index (κ1) is 15.4. The third-order valence-corrected chi connectivity index (χ3v) is 3.39. The minimum absolute atomic E-state index is 0.0161. The van der Waals surface area contributed by atoms with E-state index in [4.69, 9.17) is 16.2 Å². The topological polar surface area (TPSA) is 184 Å². The van der Waals surface area contributed by atoms with Crippen LogP contribution < -0.4 is 5.32 Å². The Morgan fingerprint density at radius 3 is 2.95 bits per heavy atom. The Labute approximate surface area is 124 Å². The van der Waals surface area contributed by atoms with E-state index in [-0.39, 0.29) is 5.82 Å². The van der Waals surface area contributed by atoms with Gasteiger partial charge < -0.3 is 29.8 Å². The molecule has 0 aliphatic carbocycles. The molecule has 0 bridgehead atoms. The number of imidazole rings is 1. The zero-order valence-electron chi connectivity index (χ0n) is 11.8. The summed E-state index contributed by atoms with van der Waals surface area (Å²) in [5.74, 6) is -0.0161. The summed E-state index contributed by atoms with van der Waals surface area (Å²) in [5, 5.41) is 30.6. The second kappa shape index (κ2) is 6.30. The van der Waals surface area contributed by atoms with Crippen molar-refractivity contribution in [2.45, 2.75) is 24.5 Å². The van der Waals surface area contributed by atoms with Gasteiger partial charge in [-0.25, -0.2) is 14.3 Å². The largest absolute Gasteiger partial charge is 0.469 e. The van der Waals surface area contributed by atoms with E-state index in [1.807, 2.05) is 5.32 Å². The van der Waals surface area contributed by atoms with Crippen LogP contribution in [0.5, 0.6) is 0 Å². The van der Waals surface area contributed by atoms with Crippen molar-refractivity contribution in [2.75, 3.05) is 11.9 Å². The number of aromatic nitrogens is 2. The monoisotopic (exact) mass is 340 g/mol. The van der Waals surface area contributed by atoms with Crippen LogP contribution in [0.25, 0.3) is 0 Å². The molecule has 0 saturated carbocycles. The molecule has 0 radical (unpaired) electrons. The Hall–Kier alpha value is -1.53. The van der Waals surface area contributed by atoms with Gasteiger partial charge in [-0.15, -0.1) is 0 Å². The summed E-state index contributed by atoms with van der Waals surface area (Å²) in [6, 6.07) is 0. The van der Waals surface area contributed by atoms with Gasteiger partial charge in [-0.05, 0) is 0 Å². The van der Waals surface area contributed by atoms with Gasteiger partial charge in [-0.3, -0.25) is 14.4 Å². The minimum Gasteiger partial charge on any atom is -0.465 e. The van der Waals surface area contributed by atoms with Crippen molar-refractivity contribution in [2.24, 2.45) is 0 Å². The zero-order chi connectivity index (χ0) is 17.2. The number of phosphoric ester groups is 1. The van der Waals surface area contributed by atoms with Crippen LogP contribution in [0.15, 0.2) is 12.5 Å². The second-order valence-electron chi connectivity index (χ2n) is 4.43. The molecule has 1 fully saturated rings. The molecule has 0 aromatic carbocycles. The quantitative estimate of drug-likeness (QED) is 0.340. The molecular formula is C9H14N3O9P. The molecule has 13 heteroatoms. The van der Waals surface area contributed by atoms with Crippen LogP contribution in [-0.2, 0) is 13.8 Å². The van der Waals surface area contributed by atoms with E-state index < -0.39 is 45.1 Å². The average Bonchev–Trinajstić information content (AvgIpc) is 3.03. The first-order chi connectivity index (χ1) is 10.7. The SMILES string of the molecule is [2H]OP(=O)(O)OC[C@H]1OC(n2cncc2NC(=O)O)[C@H](O)[C@@H]1O. The molecule has 12 nitrogen and oxygen atoms in total. The average molecular weight is 340 g/mol. The maximum absolute atomic E-state index is 11.0. The molecule has 2 rings (SSSR count). The lowest BCUT2D eigenvalue weighted by Gasteiger charge is -2.18. The summed E-state index contributed by atoms with van der Waals surface area (Å²) < 4.78 is 28.2. The molecule has 1 aliphatic heterocycles. The highest BCUT2D eigenvalue weighted by atomic mass is 31.2. The number of nitrogens with zero attached hydrogens (tertiary/aromatic N) is 2. The van der Waals surface area contributed by atoms with Crippen LogP contribution in [-0.4, -0.2) is 67.1 Å². The molecular weight excluding hydrogens is 325 g/mol. The van der Waals surface area contributed by atoms with Crippen LogP contribution in [0, 0.1) is 0 Å². The molecule has 6 N–H and O–H groups in total. The normalized spacial score (nSPS) is 31.5. The number of nitrogens with one attached hydrogen (secondary N) is 1. The molecule has 0 spiro atoms. The van der Waals surface area contributed by atoms with Crippen LogP contribution in [0.4, 0.5) is 10.6 Å². The van der Waals surface area contributed by atoms with Gasteiger partial charge in [-0.2, -0.15) is 0 Å². The molecule has 22 heavy (non-hydrogen) atoms. The van der Waals surface area contributed by atoms with Gasteiger partial charge in [0.2, 0.25) is 1.43 Å². The number of anilines is 1. The van der Waals surface area contributed by atoms with Crippen molar-refractivity contribution in [3.8, 4) is 0 Å². The maximum Gasteiger partial charge on any atom is 0.469 e. The molecule has 1 aromatic rings. The highest BCUT2D eigenvalue weighted by molar-refractivity contribution is 7.46. The number of carboxylic acid groups (broad SMARTS) is 1. The summed E-state index contributed by atoms with van der Waals surface area (Å²) in [4.78, 5) is 26.8. The summed E-state index contributed by atoms with van der Waals surface area (Å²) in [7, 11) is -4.60. The van der Waals surface area contributed by atoms with Crippen LogP contribution >= 0.6 is 7.82 Å². The molecule has 2 unspecified atom stereocenters. The Morgan fingerprint density at radius 1 is 1.59 bits per heavy atom. The maximum atomic E-state index is 11.0. The van der Waals surface area contributed by atoms with E-state index >= 15 is 0 Å². The number of phosphoric acid groups is 1. The lowest BCUT2D eigenvalue weighted by molar-refractivity contribution is -0.0511. The minimum atomic E-state index is -4.60. The van der Waals surface area contributed by atoms with Crippen molar-refractivity contribution in [1.82, 2.24) is 9.55 Å². The fourth-order valence-electron chi connectivity index (χ4n) is 1.98. The molecule has 1 aliphatic rings. The van der Waals surface area contributed by atoms with Gasteiger partial charge in [0.05, 0.1) is 19.1 Å². The standard InChI is InChI=1S/C9H14N3O9P/c13-6-4(2-20-22(17,18)19)21-8(7(6)14)12-3-10-1-5(12)11-9(15)16/h1,3-4,6-8,11,13-14H,2H2,(H,15,16)(H2,17,18,19)/t4-,6-,7-,8?/m1/s1/i/hD. The number of aliphatic hydroxyl groups is 2. The lowest BCUT2D eigenvalue weighted by Crippen LogP contribution is -2.33. The van der Waals surface area contributed by atoms with Crippen LogP contribution in [0.2, 0.25) is 0 Å². The Balaban J connectivity index is 2.09. The van der Waals surface area contributed by atoms with E-state index in [1.54, 1.807) is 0 Å². The third-order valence-electron chi connectivity index (χ3n) is 2.91. The van der Waals surface area contributed by atoms with Gasteiger partial charge in [-0.1, -0.05) is 0 Å². The first-order valence-corrected chi connectivity index (χ1v) is 7.40. The predicted octanol–water partition coefficient (Wildman–Crippen LogP) is -1.30. The van der Waals surface area contributed by atoms with E-state index in [0.29, 0.717) is 0 Å². The van der Waals surface area contributed by atoms with Gasteiger partial charge in [0, 0.05) is 0 Å². The number of rotatable bonds is 6. The summed E-state index contributed by atoms with van der Waals surface area (Å²) in [5.41, 5.74) is 0. The van der Waals surface area contributed by atoms with Crippen molar-refractivity contribution in [3.63, 3.8) is 0 Å². The second-order valence-corrected chi connectivity index (χ2v) is 5.62. The number of hydrogen-bond acceptors (Lipinski definition) is 8. The molecule has 1 amide bonds. The number of amides is 1. The smallest absolute Gasteiger partial charge is 0.465 e. The highest BCUT2D eigenvalue weighted by Gasteiger charge is 2.45. The lowest BCUT2D eigenvalue weighted by atomic mass is 10.1. The van der Waals surface area contributed by atoms with Gasteiger partial charge in [0.25, 0.3) is 0 Å². The number of carbonyl (C=O) groups is 1. The molecule has 2 heterocycles. The Bertz CT molecular complexity index is 613. The first-order valence-electron chi connectivity index (χ1n) is 6.31. The molecule has 1 aromatic heterocycles. The van der Waals surface area contributed by atoms with Crippen LogP contribution in [0.1, 0.15) is 6.23 Å². The van der Waals surface area contributed by atoms with Crippen LogP contribution in [0.3, 0.4) is 0 Å². The molecule has 1 saturated heterocycles. The Morgan fingerprint density at radius 2 is 2.32 bits per heavy atom. The number of hydrogen-bond donors (Lipinski definition) is 6. The van der Waals surface area contributed by atoms with E-state index in [0.717, 1.165) is 10.8 Å². The van der Waals surface area contributed by atoms with E-state index in [2.05, 4.69) is 14.4 Å². The van der Waals surface area contributed by atoms with E-state index in [1.165, 1.54) is 6.33 Å². The van der Waals surface area contributed by atoms with Crippen molar-refractivity contribution >= 4 is 19.7 Å².